The van der Waals surface area contributed by atoms with Crippen LogP contribution in [0.2, 0.25) is 0 Å². The van der Waals surface area contributed by atoms with Crippen LogP contribution >= 0.6 is 0 Å². The van der Waals surface area contributed by atoms with E-state index in [9.17, 15) is 4.79 Å². The molecule has 2 N–H and O–H groups in total. The molecule has 0 atom stereocenters. The summed E-state index contributed by atoms with van der Waals surface area (Å²) in [6.45, 7) is 0. The molecule has 2 aromatic carbocycles. The molecular formula is C14H13NO3. The van der Waals surface area contributed by atoms with Crippen LogP contribution in [0.3, 0.4) is 0 Å². The Balaban J connectivity index is 2.17. The summed E-state index contributed by atoms with van der Waals surface area (Å²) in [6, 6.07) is 14.7. The molecule has 4 nitrogen and oxygen atoms in total. The molecule has 0 bridgehead atoms. The van der Waals surface area contributed by atoms with E-state index < -0.39 is 6.16 Å². The Kier molecular flexibility index (Phi) is 3.48. The van der Waals surface area contributed by atoms with E-state index in [1.165, 1.54) is 7.11 Å². The topological polar surface area (TPSA) is 61.5 Å². The van der Waals surface area contributed by atoms with Crippen molar-refractivity contribution in [2.75, 3.05) is 12.8 Å². The van der Waals surface area contributed by atoms with Crippen molar-refractivity contribution in [3.63, 3.8) is 0 Å². The minimum atomic E-state index is -0.727. The minimum Gasteiger partial charge on any atom is -0.437 e. The van der Waals surface area contributed by atoms with E-state index in [0.717, 1.165) is 16.8 Å². The van der Waals surface area contributed by atoms with Crippen LogP contribution in [-0.2, 0) is 4.74 Å². The lowest BCUT2D eigenvalue weighted by atomic mass is 10.1. The van der Waals surface area contributed by atoms with E-state index in [0.29, 0.717) is 5.75 Å². The maximum absolute atomic E-state index is 10.9. The summed E-state index contributed by atoms with van der Waals surface area (Å²) < 4.78 is 9.30. The molecule has 0 heterocycles. The second kappa shape index (κ2) is 5.23. The fraction of sp³-hybridized carbons (Fsp3) is 0.0714. The fourth-order valence-electron chi connectivity index (χ4n) is 1.53. The Labute approximate surface area is 105 Å². The smallest absolute Gasteiger partial charge is 0.437 e. The first-order chi connectivity index (χ1) is 8.69. The molecule has 18 heavy (non-hydrogen) atoms. The van der Waals surface area contributed by atoms with Crippen molar-refractivity contribution in [2.24, 2.45) is 0 Å². The molecule has 0 spiro atoms. The van der Waals surface area contributed by atoms with E-state index >= 15 is 0 Å². The monoisotopic (exact) mass is 243 g/mol. The second-order valence-corrected chi connectivity index (χ2v) is 3.70. The highest BCUT2D eigenvalue weighted by Gasteiger charge is 2.03. The van der Waals surface area contributed by atoms with Gasteiger partial charge in [-0.3, -0.25) is 0 Å². The molecule has 0 saturated heterocycles. The maximum Gasteiger partial charge on any atom is 0.513 e. The molecule has 92 valence electrons. The van der Waals surface area contributed by atoms with Gasteiger partial charge in [0.2, 0.25) is 0 Å². The van der Waals surface area contributed by atoms with E-state index in [1.807, 2.05) is 36.4 Å². The standard InChI is InChI=1S/C14H13NO3/c1-17-14(16)18-13-8-4-11(5-9-13)10-2-6-12(15)7-3-10/h2-9H,15H2,1H3. The number of hydrogen-bond donors (Lipinski definition) is 1. The van der Waals surface area contributed by atoms with E-state index in [1.54, 1.807) is 12.1 Å². The third-order valence-electron chi connectivity index (χ3n) is 2.47. The maximum atomic E-state index is 10.9. The highest BCUT2D eigenvalue weighted by Crippen LogP contribution is 2.23. The number of hydrogen-bond acceptors (Lipinski definition) is 4. The van der Waals surface area contributed by atoms with Gasteiger partial charge in [0.05, 0.1) is 7.11 Å². The van der Waals surface area contributed by atoms with Gasteiger partial charge in [-0.25, -0.2) is 4.79 Å². The average Bonchev–Trinajstić information content (AvgIpc) is 2.40. The van der Waals surface area contributed by atoms with E-state index in [4.69, 9.17) is 10.5 Å². The molecule has 0 radical (unpaired) electrons. The van der Waals surface area contributed by atoms with Gasteiger partial charge < -0.3 is 15.2 Å². The van der Waals surface area contributed by atoms with Gasteiger partial charge in [0.25, 0.3) is 0 Å². The zero-order chi connectivity index (χ0) is 13.0. The SMILES string of the molecule is COC(=O)Oc1ccc(-c2ccc(N)cc2)cc1. The molecule has 0 unspecified atom stereocenters. The molecule has 0 aliphatic heterocycles. The fourth-order valence-corrected chi connectivity index (χ4v) is 1.53. The van der Waals surface area contributed by atoms with Gasteiger partial charge >= 0.3 is 6.16 Å². The van der Waals surface area contributed by atoms with Gasteiger partial charge in [0, 0.05) is 5.69 Å². The predicted molar refractivity (Wildman–Crippen MR) is 69.3 cm³/mol. The van der Waals surface area contributed by atoms with Gasteiger partial charge in [-0.1, -0.05) is 24.3 Å². The second-order valence-electron chi connectivity index (χ2n) is 3.70. The summed E-state index contributed by atoms with van der Waals surface area (Å²) in [7, 11) is 1.27. The van der Waals surface area contributed by atoms with Crippen molar-refractivity contribution in [3.8, 4) is 16.9 Å². The number of carbonyl (C=O) groups excluding carboxylic acids is 1. The molecule has 2 rings (SSSR count). The first kappa shape index (κ1) is 12.0. The average molecular weight is 243 g/mol. The van der Waals surface area contributed by atoms with Crippen molar-refractivity contribution >= 4 is 11.8 Å². The molecule has 4 heteroatoms. The van der Waals surface area contributed by atoms with Gasteiger partial charge in [0.15, 0.2) is 0 Å². The van der Waals surface area contributed by atoms with Crippen LogP contribution in [0.15, 0.2) is 48.5 Å². The number of rotatable bonds is 2. The summed E-state index contributed by atoms with van der Waals surface area (Å²) in [4.78, 5) is 10.9. The van der Waals surface area contributed by atoms with Gasteiger partial charge in [-0.2, -0.15) is 0 Å². The lowest BCUT2D eigenvalue weighted by molar-refractivity contribution is 0.121. The number of anilines is 1. The zero-order valence-electron chi connectivity index (χ0n) is 9.92. The third kappa shape index (κ3) is 2.79. The normalized spacial score (nSPS) is 9.83. The van der Waals surface area contributed by atoms with Gasteiger partial charge in [-0.05, 0) is 35.4 Å². The Morgan fingerprint density at radius 2 is 1.44 bits per heavy atom. The third-order valence-corrected chi connectivity index (χ3v) is 2.47. The minimum absolute atomic E-state index is 0.445. The van der Waals surface area contributed by atoms with Crippen molar-refractivity contribution in [3.05, 3.63) is 48.5 Å². The van der Waals surface area contributed by atoms with Crippen LogP contribution in [0, 0.1) is 0 Å². The highest BCUT2D eigenvalue weighted by molar-refractivity contribution is 5.68. The summed E-state index contributed by atoms with van der Waals surface area (Å²) in [5.74, 6) is 0.445. The number of nitrogens with two attached hydrogens (primary N) is 1. The summed E-state index contributed by atoms with van der Waals surface area (Å²) in [6.07, 6.45) is -0.727. The lowest BCUT2D eigenvalue weighted by Crippen LogP contribution is -2.06. The largest absolute Gasteiger partial charge is 0.513 e. The van der Waals surface area contributed by atoms with Gasteiger partial charge in [0.1, 0.15) is 5.75 Å². The molecule has 0 saturated carbocycles. The van der Waals surface area contributed by atoms with Crippen LogP contribution in [0.25, 0.3) is 11.1 Å². The summed E-state index contributed by atoms with van der Waals surface area (Å²) in [5.41, 5.74) is 8.42. The Morgan fingerprint density at radius 3 is 1.94 bits per heavy atom. The number of nitrogen functional groups attached to an aromatic ring is 1. The molecule has 2 aromatic rings. The van der Waals surface area contributed by atoms with E-state index in [-0.39, 0.29) is 0 Å². The molecular weight excluding hydrogens is 230 g/mol. The van der Waals surface area contributed by atoms with Crippen molar-refractivity contribution in [1.82, 2.24) is 0 Å². The molecule has 0 aliphatic rings. The van der Waals surface area contributed by atoms with Crippen LogP contribution in [0.4, 0.5) is 10.5 Å². The predicted octanol–water partition coefficient (Wildman–Crippen LogP) is 3.08. The Morgan fingerprint density at radius 1 is 0.944 bits per heavy atom. The van der Waals surface area contributed by atoms with Crippen molar-refractivity contribution in [1.29, 1.82) is 0 Å². The van der Waals surface area contributed by atoms with Crippen LogP contribution < -0.4 is 10.5 Å². The lowest BCUT2D eigenvalue weighted by Gasteiger charge is -2.05. The quantitative estimate of drug-likeness (QED) is 0.500. The van der Waals surface area contributed by atoms with Crippen LogP contribution in [0.1, 0.15) is 0 Å². The number of carbonyl (C=O) groups is 1. The van der Waals surface area contributed by atoms with Crippen LogP contribution in [-0.4, -0.2) is 13.3 Å². The molecule has 0 fully saturated rings. The molecule has 0 amide bonds. The number of benzene rings is 2. The molecule has 0 aromatic heterocycles. The van der Waals surface area contributed by atoms with Crippen LogP contribution in [0.5, 0.6) is 5.75 Å². The van der Waals surface area contributed by atoms with Crippen molar-refractivity contribution in [2.45, 2.75) is 0 Å². The van der Waals surface area contributed by atoms with E-state index in [2.05, 4.69) is 4.74 Å². The number of methoxy groups -OCH3 is 1. The Bertz CT molecular complexity index is 532. The Hall–Kier alpha value is -2.49. The summed E-state index contributed by atoms with van der Waals surface area (Å²) in [5, 5.41) is 0. The summed E-state index contributed by atoms with van der Waals surface area (Å²) >= 11 is 0. The number of ether oxygens (including phenoxy) is 2. The first-order valence-corrected chi connectivity index (χ1v) is 5.41. The first-order valence-electron chi connectivity index (χ1n) is 5.41. The highest BCUT2D eigenvalue weighted by atomic mass is 16.7. The van der Waals surface area contributed by atoms with Gasteiger partial charge in [-0.15, -0.1) is 0 Å². The zero-order valence-corrected chi connectivity index (χ0v) is 9.92. The molecule has 0 aliphatic carbocycles. The van der Waals surface area contributed by atoms with Crippen molar-refractivity contribution < 1.29 is 14.3 Å².